The van der Waals surface area contributed by atoms with E-state index in [0.29, 0.717) is 12.0 Å². The van der Waals surface area contributed by atoms with Crippen LogP contribution in [0.3, 0.4) is 0 Å². The third-order valence-corrected chi connectivity index (χ3v) is 3.90. The molecule has 1 fully saturated rings. The summed E-state index contributed by atoms with van der Waals surface area (Å²) in [6.07, 6.45) is 9.02. The van der Waals surface area contributed by atoms with Crippen LogP contribution in [-0.4, -0.2) is 6.10 Å². The second-order valence-electron chi connectivity index (χ2n) is 4.91. The maximum Gasteiger partial charge on any atom is 0.0720 e. The second kappa shape index (κ2) is 4.42. The van der Waals surface area contributed by atoms with Crippen LogP contribution in [-0.2, 0) is 11.3 Å². The van der Waals surface area contributed by atoms with Crippen LogP contribution in [0, 0.1) is 11.8 Å². The first-order valence-electron chi connectivity index (χ1n) is 6.25. The molecular formula is C15H18O. The molecule has 1 heteroatoms. The molecule has 0 aromatic heterocycles. The van der Waals surface area contributed by atoms with Gasteiger partial charge < -0.3 is 4.74 Å². The molecule has 1 aromatic carbocycles. The third kappa shape index (κ3) is 1.92. The zero-order chi connectivity index (χ0) is 10.8. The van der Waals surface area contributed by atoms with Crippen LogP contribution in [0.25, 0.3) is 0 Å². The summed E-state index contributed by atoms with van der Waals surface area (Å²) in [4.78, 5) is 0. The third-order valence-electron chi connectivity index (χ3n) is 3.90. The molecule has 1 nitrogen and oxygen atoms in total. The topological polar surface area (TPSA) is 9.23 Å². The Balaban J connectivity index is 1.58. The highest BCUT2D eigenvalue weighted by Gasteiger charge is 2.36. The summed E-state index contributed by atoms with van der Waals surface area (Å²) in [5.41, 5.74) is 1.29. The first kappa shape index (κ1) is 10.1. The molecule has 16 heavy (non-hydrogen) atoms. The molecule has 3 rings (SSSR count). The lowest BCUT2D eigenvalue weighted by atomic mass is 9.99. The first-order valence-corrected chi connectivity index (χ1v) is 6.25. The zero-order valence-corrected chi connectivity index (χ0v) is 9.51. The van der Waals surface area contributed by atoms with Crippen molar-refractivity contribution in [1.29, 1.82) is 0 Å². The SMILES string of the molecule is C1=C[C@H]2[C@@H](C1)CC[C@H]2OCc1ccccc1. The molecule has 0 amide bonds. The van der Waals surface area contributed by atoms with Crippen molar-refractivity contribution in [2.24, 2.45) is 11.8 Å². The lowest BCUT2D eigenvalue weighted by molar-refractivity contribution is 0.0238. The van der Waals surface area contributed by atoms with E-state index in [1.165, 1.54) is 24.8 Å². The standard InChI is InChI=1S/C15H18O/c1-2-5-12(6-3-1)11-16-15-10-9-13-7-4-8-14(13)15/h1-6,8,13-15H,7,9-11H2/t13-,14-,15+/m0/s1. The van der Waals surface area contributed by atoms with E-state index in [-0.39, 0.29) is 0 Å². The van der Waals surface area contributed by atoms with Crippen molar-refractivity contribution in [1.82, 2.24) is 0 Å². The molecule has 0 spiro atoms. The van der Waals surface area contributed by atoms with Gasteiger partial charge in [0.15, 0.2) is 0 Å². The van der Waals surface area contributed by atoms with Gasteiger partial charge in [-0.05, 0) is 30.7 Å². The fourth-order valence-electron chi connectivity index (χ4n) is 3.01. The van der Waals surface area contributed by atoms with E-state index in [9.17, 15) is 0 Å². The van der Waals surface area contributed by atoms with Crippen molar-refractivity contribution in [3.05, 3.63) is 48.0 Å². The lowest BCUT2D eigenvalue weighted by Gasteiger charge is -2.18. The van der Waals surface area contributed by atoms with E-state index in [0.717, 1.165) is 12.5 Å². The quantitative estimate of drug-likeness (QED) is 0.699. The Morgan fingerprint density at radius 1 is 1.12 bits per heavy atom. The number of allylic oxidation sites excluding steroid dienone is 1. The summed E-state index contributed by atoms with van der Waals surface area (Å²) in [5, 5.41) is 0. The number of rotatable bonds is 3. The van der Waals surface area contributed by atoms with Crippen LogP contribution >= 0.6 is 0 Å². The highest BCUT2D eigenvalue weighted by molar-refractivity contribution is 5.14. The monoisotopic (exact) mass is 214 g/mol. The highest BCUT2D eigenvalue weighted by atomic mass is 16.5. The predicted molar refractivity (Wildman–Crippen MR) is 65.0 cm³/mol. The molecule has 0 radical (unpaired) electrons. The minimum atomic E-state index is 0.462. The molecule has 0 aliphatic heterocycles. The first-order chi connectivity index (χ1) is 7.93. The average Bonchev–Trinajstić information content (AvgIpc) is 2.90. The minimum absolute atomic E-state index is 0.462. The van der Waals surface area contributed by atoms with Gasteiger partial charge in [-0.25, -0.2) is 0 Å². The predicted octanol–water partition coefficient (Wildman–Crippen LogP) is 3.56. The van der Waals surface area contributed by atoms with Crippen molar-refractivity contribution in [2.75, 3.05) is 0 Å². The number of hydrogen-bond donors (Lipinski definition) is 0. The van der Waals surface area contributed by atoms with Crippen molar-refractivity contribution in [2.45, 2.75) is 32.0 Å². The minimum Gasteiger partial charge on any atom is -0.373 e. The summed E-state index contributed by atoms with van der Waals surface area (Å²) in [5.74, 6) is 1.57. The summed E-state index contributed by atoms with van der Waals surface area (Å²) in [7, 11) is 0. The Morgan fingerprint density at radius 2 is 2.00 bits per heavy atom. The van der Waals surface area contributed by atoms with Crippen LogP contribution in [0.5, 0.6) is 0 Å². The Morgan fingerprint density at radius 3 is 2.88 bits per heavy atom. The maximum atomic E-state index is 6.05. The van der Waals surface area contributed by atoms with Crippen molar-refractivity contribution >= 4 is 0 Å². The normalized spacial score (nSPS) is 31.9. The van der Waals surface area contributed by atoms with E-state index < -0.39 is 0 Å². The molecule has 2 aliphatic carbocycles. The molecule has 0 unspecified atom stereocenters. The average molecular weight is 214 g/mol. The van der Waals surface area contributed by atoms with Gasteiger partial charge in [-0.1, -0.05) is 42.5 Å². The second-order valence-corrected chi connectivity index (χ2v) is 4.91. The smallest absolute Gasteiger partial charge is 0.0720 e. The molecule has 2 aliphatic rings. The van der Waals surface area contributed by atoms with Gasteiger partial charge in [0.25, 0.3) is 0 Å². The van der Waals surface area contributed by atoms with Crippen LogP contribution in [0.2, 0.25) is 0 Å². The van der Waals surface area contributed by atoms with Crippen LogP contribution in [0.15, 0.2) is 42.5 Å². The fraction of sp³-hybridized carbons (Fsp3) is 0.467. The fourth-order valence-corrected chi connectivity index (χ4v) is 3.01. The molecule has 3 atom stereocenters. The number of benzene rings is 1. The Bertz CT molecular complexity index is 368. The van der Waals surface area contributed by atoms with E-state index in [2.05, 4.69) is 42.5 Å². The van der Waals surface area contributed by atoms with Gasteiger partial charge in [0.1, 0.15) is 0 Å². The Hall–Kier alpha value is -1.08. The van der Waals surface area contributed by atoms with E-state index in [1.807, 2.05) is 0 Å². The zero-order valence-electron chi connectivity index (χ0n) is 9.51. The van der Waals surface area contributed by atoms with Gasteiger partial charge in [-0.15, -0.1) is 0 Å². The van der Waals surface area contributed by atoms with Crippen molar-refractivity contribution in [3.63, 3.8) is 0 Å². The molecule has 0 N–H and O–H groups in total. The van der Waals surface area contributed by atoms with Gasteiger partial charge in [-0.2, -0.15) is 0 Å². The number of hydrogen-bond acceptors (Lipinski definition) is 1. The summed E-state index contributed by atoms with van der Waals surface area (Å²) >= 11 is 0. The molecule has 0 heterocycles. The molecule has 84 valence electrons. The lowest BCUT2D eigenvalue weighted by Crippen LogP contribution is -2.18. The van der Waals surface area contributed by atoms with Gasteiger partial charge in [0.05, 0.1) is 12.7 Å². The maximum absolute atomic E-state index is 6.05. The molecular weight excluding hydrogens is 196 g/mol. The van der Waals surface area contributed by atoms with E-state index in [1.54, 1.807) is 0 Å². The molecule has 0 saturated heterocycles. The molecule has 0 bridgehead atoms. The number of ether oxygens (including phenoxy) is 1. The summed E-state index contributed by atoms with van der Waals surface area (Å²) in [6, 6.07) is 10.5. The number of fused-ring (bicyclic) bond motifs is 1. The summed E-state index contributed by atoms with van der Waals surface area (Å²) < 4.78 is 6.05. The van der Waals surface area contributed by atoms with Crippen LogP contribution in [0.1, 0.15) is 24.8 Å². The van der Waals surface area contributed by atoms with Crippen molar-refractivity contribution in [3.8, 4) is 0 Å². The molecule has 1 saturated carbocycles. The van der Waals surface area contributed by atoms with Gasteiger partial charge >= 0.3 is 0 Å². The van der Waals surface area contributed by atoms with Gasteiger partial charge in [-0.3, -0.25) is 0 Å². The largest absolute Gasteiger partial charge is 0.373 e. The van der Waals surface area contributed by atoms with Gasteiger partial charge in [0.2, 0.25) is 0 Å². The van der Waals surface area contributed by atoms with Gasteiger partial charge in [0, 0.05) is 5.92 Å². The van der Waals surface area contributed by atoms with Crippen LogP contribution in [0.4, 0.5) is 0 Å². The summed E-state index contributed by atoms with van der Waals surface area (Å²) in [6.45, 7) is 0.766. The Labute approximate surface area is 97.1 Å². The van der Waals surface area contributed by atoms with Crippen molar-refractivity contribution < 1.29 is 4.74 Å². The van der Waals surface area contributed by atoms with E-state index in [4.69, 9.17) is 4.74 Å². The Kier molecular flexibility index (Phi) is 2.79. The van der Waals surface area contributed by atoms with E-state index >= 15 is 0 Å². The highest BCUT2D eigenvalue weighted by Crippen LogP contribution is 2.41. The molecule has 1 aromatic rings. The van der Waals surface area contributed by atoms with Crippen LogP contribution < -0.4 is 0 Å².